The molecule has 0 amide bonds. The molecule has 0 spiro atoms. The molecule has 6 nitrogen and oxygen atoms in total. The van der Waals surface area contributed by atoms with Gasteiger partial charge in [0.05, 0.1) is 17.1 Å². The molecule has 23 heavy (non-hydrogen) atoms. The Labute approximate surface area is 133 Å². The molecular formula is C17H17N5O. The summed E-state index contributed by atoms with van der Waals surface area (Å²) in [6, 6.07) is 6.14. The van der Waals surface area contributed by atoms with Crippen LogP contribution in [0.25, 0.3) is 21.9 Å². The van der Waals surface area contributed by atoms with Crippen molar-refractivity contribution in [2.45, 2.75) is 25.3 Å². The van der Waals surface area contributed by atoms with Crippen LogP contribution in [0.15, 0.2) is 24.5 Å². The Hall–Kier alpha value is -2.65. The molecule has 116 valence electrons. The van der Waals surface area contributed by atoms with Gasteiger partial charge in [-0.2, -0.15) is 5.26 Å². The lowest BCUT2D eigenvalue weighted by molar-refractivity contribution is 0.241. The highest BCUT2D eigenvalue weighted by atomic mass is 16.5. The van der Waals surface area contributed by atoms with Crippen molar-refractivity contribution < 1.29 is 4.74 Å². The Bertz CT molecular complexity index is 889. The first-order chi connectivity index (χ1) is 11.3. The number of hydrogen-bond acceptors (Lipinski definition) is 5. The average molecular weight is 307 g/mol. The second-order valence-corrected chi connectivity index (χ2v) is 5.84. The van der Waals surface area contributed by atoms with Crippen LogP contribution < -0.4 is 10.1 Å². The Morgan fingerprint density at radius 3 is 3.13 bits per heavy atom. The number of rotatable bonds is 3. The number of aromatic amines is 1. The Morgan fingerprint density at radius 1 is 1.35 bits per heavy atom. The largest absolute Gasteiger partial charge is 0.491 e. The predicted molar refractivity (Wildman–Crippen MR) is 87.2 cm³/mol. The number of aromatic nitrogens is 3. The molecule has 0 aliphatic carbocycles. The second-order valence-electron chi connectivity index (χ2n) is 5.84. The second kappa shape index (κ2) is 5.86. The van der Waals surface area contributed by atoms with E-state index in [9.17, 15) is 0 Å². The van der Waals surface area contributed by atoms with E-state index in [1.165, 1.54) is 12.8 Å². The van der Waals surface area contributed by atoms with Gasteiger partial charge in [0.2, 0.25) is 0 Å². The van der Waals surface area contributed by atoms with E-state index in [1.807, 2.05) is 6.07 Å². The first kappa shape index (κ1) is 14.0. The number of hydrogen-bond donors (Lipinski definition) is 2. The summed E-state index contributed by atoms with van der Waals surface area (Å²) in [5.74, 6) is 0.795. The number of ether oxygens (including phenoxy) is 1. The first-order valence-electron chi connectivity index (χ1n) is 7.88. The first-order valence-corrected chi connectivity index (χ1v) is 7.88. The molecule has 0 saturated carbocycles. The molecule has 0 aromatic carbocycles. The third-order valence-electron chi connectivity index (χ3n) is 4.31. The smallest absolute Gasteiger partial charge is 0.142 e. The van der Waals surface area contributed by atoms with Gasteiger partial charge in [-0.1, -0.05) is 6.42 Å². The summed E-state index contributed by atoms with van der Waals surface area (Å²) in [5, 5.41) is 14.4. The fourth-order valence-corrected chi connectivity index (χ4v) is 3.13. The SMILES string of the molecule is N#Cc1cc2c(cn1)[nH]c1nccc(OCC3CCCCN3)c12. The summed E-state index contributed by atoms with van der Waals surface area (Å²) in [5.41, 5.74) is 2.01. The summed E-state index contributed by atoms with van der Waals surface area (Å²) in [6.07, 6.45) is 7.03. The fourth-order valence-electron chi connectivity index (χ4n) is 3.13. The van der Waals surface area contributed by atoms with Gasteiger partial charge in [-0.25, -0.2) is 9.97 Å². The normalized spacial score (nSPS) is 18.1. The zero-order valence-electron chi connectivity index (χ0n) is 12.7. The van der Waals surface area contributed by atoms with Gasteiger partial charge in [0.15, 0.2) is 0 Å². The molecule has 3 aromatic rings. The van der Waals surface area contributed by atoms with Crippen molar-refractivity contribution in [2.75, 3.05) is 13.2 Å². The average Bonchev–Trinajstić information content (AvgIpc) is 2.99. The van der Waals surface area contributed by atoms with Gasteiger partial charge in [-0.05, 0) is 31.5 Å². The minimum absolute atomic E-state index is 0.391. The van der Waals surface area contributed by atoms with Crippen molar-refractivity contribution in [2.24, 2.45) is 0 Å². The summed E-state index contributed by atoms with van der Waals surface area (Å²) >= 11 is 0. The maximum Gasteiger partial charge on any atom is 0.142 e. The summed E-state index contributed by atoms with van der Waals surface area (Å²) < 4.78 is 6.07. The Balaban J connectivity index is 1.72. The Morgan fingerprint density at radius 2 is 2.30 bits per heavy atom. The van der Waals surface area contributed by atoms with Gasteiger partial charge in [0, 0.05) is 17.6 Å². The van der Waals surface area contributed by atoms with E-state index in [-0.39, 0.29) is 0 Å². The summed E-state index contributed by atoms with van der Waals surface area (Å²) in [6.45, 7) is 1.70. The van der Waals surface area contributed by atoms with Crippen LogP contribution >= 0.6 is 0 Å². The standard InChI is InChI=1S/C17H17N5O/c18-8-12-7-13-14(9-21-12)22-17-16(13)15(4-6-20-17)23-10-11-3-1-2-5-19-11/h4,6-7,9,11,19H,1-3,5,10H2,(H,20,22). The van der Waals surface area contributed by atoms with Crippen LogP contribution in [0.4, 0.5) is 0 Å². The molecule has 2 N–H and O–H groups in total. The van der Waals surface area contributed by atoms with Crippen LogP contribution in [0.5, 0.6) is 5.75 Å². The zero-order valence-corrected chi connectivity index (χ0v) is 12.7. The number of nitriles is 1. The summed E-state index contributed by atoms with van der Waals surface area (Å²) in [4.78, 5) is 11.7. The topological polar surface area (TPSA) is 86.6 Å². The number of nitrogens with zero attached hydrogens (tertiary/aromatic N) is 3. The number of fused-ring (bicyclic) bond motifs is 3. The van der Waals surface area contributed by atoms with Gasteiger partial charge in [0.25, 0.3) is 0 Å². The van der Waals surface area contributed by atoms with Crippen LogP contribution in [0.3, 0.4) is 0 Å². The van der Waals surface area contributed by atoms with Crippen molar-refractivity contribution in [1.82, 2.24) is 20.3 Å². The molecule has 0 radical (unpaired) electrons. The van der Waals surface area contributed by atoms with E-state index in [1.54, 1.807) is 18.5 Å². The highest BCUT2D eigenvalue weighted by molar-refractivity contribution is 6.09. The predicted octanol–water partition coefficient (Wildman–Crippen LogP) is 2.50. The van der Waals surface area contributed by atoms with E-state index in [0.29, 0.717) is 18.3 Å². The van der Waals surface area contributed by atoms with Crippen LogP contribution in [0.1, 0.15) is 25.0 Å². The molecule has 1 aliphatic rings. The van der Waals surface area contributed by atoms with E-state index in [2.05, 4.69) is 26.3 Å². The van der Waals surface area contributed by atoms with Gasteiger partial charge in [-0.3, -0.25) is 0 Å². The highest BCUT2D eigenvalue weighted by Gasteiger charge is 2.16. The van der Waals surface area contributed by atoms with Crippen molar-refractivity contribution >= 4 is 21.9 Å². The van der Waals surface area contributed by atoms with Crippen molar-refractivity contribution in [3.05, 3.63) is 30.2 Å². The van der Waals surface area contributed by atoms with E-state index < -0.39 is 0 Å². The van der Waals surface area contributed by atoms with Gasteiger partial charge in [-0.15, -0.1) is 0 Å². The lowest BCUT2D eigenvalue weighted by Crippen LogP contribution is -2.38. The molecule has 1 aliphatic heterocycles. The van der Waals surface area contributed by atoms with E-state index in [4.69, 9.17) is 10.00 Å². The minimum atomic E-state index is 0.391. The highest BCUT2D eigenvalue weighted by Crippen LogP contribution is 2.32. The molecule has 0 bridgehead atoms. The van der Waals surface area contributed by atoms with Gasteiger partial charge >= 0.3 is 0 Å². The van der Waals surface area contributed by atoms with E-state index in [0.717, 1.165) is 40.7 Å². The number of nitrogens with one attached hydrogen (secondary N) is 2. The fraction of sp³-hybridized carbons (Fsp3) is 0.353. The molecule has 4 heterocycles. The van der Waals surface area contributed by atoms with Crippen LogP contribution in [-0.2, 0) is 0 Å². The van der Waals surface area contributed by atoms with Crippen molar-refractivity contribution in [1.29, 1.82) is 5.26 Å². The maximum atomic E-state index is 9.07. The lowest BCUT2D eigenvalue weighted by Gasteiger charge is -2.23. The zero-order chi connectivity index (χ0) is 15.6. The van der Waals surface area contributed by atoms with Crippen LogP contribution in [0.2, 0.25) is 0 Å². The lowest BCUT2D eigenvalue weighted by atomic mass is 10.1. The molecule has 6 heteroatoms. The third-order valence-corrected chi connectivity index (χ3v) is 4.31. The molecule has 3 aromatic heterocycles. The van der Waals surface area contributed by atoms with Crippen LogP contribution in [0, 0.1) is 11.3 Å². The molecular weight excluding hydrogens is 290 g/mol. The van der Waals surface area contributed by atoms with Gasteiger partial charge < -0.3 is 15.0 Å². The molecule has 1 atom stereocenters. The maximum absolute atomic E-state index is 9.07. The third kappa shape index (κ3) is 2.60. The van der Waals surface area contributed by atoms with Gasteiger partial charge in [0.1, 0.15) is 29.8 Å². The van der Waals surface area contributed by atoms with E-state index >= 15 is 0 Å². The quantitative estimate of drug-likeness (QED) is 0.776. The molecule has 4 rings (SSSR count). The van der Waals surface area contributed by atoms with Crippen molar-refractivity contribution in [3.8, 4) is 11.8 Å². The number of pyridine rings is 2. The molecule has 1 unspecified atom stereocenters. The number of piperidine rings is 1. The number of H-pyrrole nitrogens is 1. The molecule has 1 fully saturated rings. The van der Waals surface area contributed by atoms with Crippen LogP contribution in [-0.4, -0.2) is 34.1 Å². The summed E-state index contributed by atoms with van der Waals surface area (Å²) in [7, 11) is 0. The Kier molecular flexibility index (Phi) is 3.56. The minimum Gasteiger partial charge on any atom is -0.491 e. The van der Waals surface area contributed by atoms with Crippen molar-refractivity contribution in [3.63, 3.8) is 0 Å². The monoisotopic (exact) mass is 307 g/mol. The molecule has 1 saturated heterocycles.